The molecule has 1 aliphatic rings. The van der Waals surface area contributed by atoms with Gasteiger partial charge in [0.1, 0.15) is 11.5 Å². The monoisotopic (exact) mass is 373 g/mol. The van der Waals surface area contributed by atoms with Crippen molar-refractivity contribution in [3.8, 4) is 33.1 Å². The summed E-state index contributed by atoms with van der Waals surface area (Å²) in [6.07, 6.45) is 4.12. The number of hydrogen-bond donors (Lipinski definition) is 0. The first kappa shape index (κ1) is 16.4. The summed E-state index contributed by atoms with van der Waals surface area (Å²) >= 11 is 1.79. The highest BCUT2D eigenvalue weighted by Gasteiger charge is 2.22. The van der Waals surface area contributed by atoms with Gasteiger partial charge in [-0.2, -0.15) is 0 Å². The molecule has 4 aromatic rings. The molecule has 0 unspecified atom stereocenters. The molecule has 0 aliphatic carbocycles. The van der Waals surface area contributed by atoms with E-state index in [-0.39, 0.29) is 0 Å². The molecule has 4 heteroatoms. The summed E-state index contributed by atoms with van der Waals surface area (Å²) in [5.41, 5.74) is 3.51. The van der Waals surface area contributed by atoms with Crippen LogP contribution in [0.4, 0.5) is 0 Å². The van der Waals surface area contributed by atoms with Crippen LogP contribution in [0.25, 0.3) is 21.6 Å². The number of hydrogen-bond acceptors (Lipinski definition) is 3. The zero-order valence-corrected chi connectivity index (χ0v) is 15.6. The SMILES string of the molecule is c1ccc2c(c1)Oc1ccccc1-c1sc(COCCn3cccc3)cc1-2. The number of para-hydroxylation sites is 2. The van der Waals surface area contributed by atoms with E-state index in [9.17, 15) is 0 Å². The van der Waals surface area contributed by atoms with Crippen LogP contribution in [0.15, 0.2) is 79.1 Å². The lowest BCUT2D eigenvalue weighted by atomic mass is 10.0. The standard InChI is InChI=1S/C23H19NO2S/c1-3-9-21-18(7-1)20-15-17(16-25-14-13-24-11-5-6-12-24)27-23(20)19-8-2-4-10-22(19)26-21/h1-12,15H,13-14,16H2. The molecule has 0 radical (unpaired) electrons. The van der Waals surface area contributed by atoms with Gasteiger partial charge in [0.15, 0.2) is 0 Å². The second-order valence-electron chi connectivity index (χ2n) is 6.52. The van der Waals surface area contributed by atoms with E-state index in [0.717, 1.165) is 29.2 Å². The number of ether oxygens (including phenoxy) is 2. The highest BCUT2D eigenvalue weighted by molar-refractivity contribution is 7.16. The van der Waals surface area contributed by atoms with Gasteiger partial charge in [-0.05, 0) is 36.4 Å². The van der Waals surface area contributed by atoms with Gasteiger partial charge in [0, 0.05) is 45.4 Å². The maximum atomic E-state index is 6.20. The smallest absolute Gasteiger partial charge is 0.136 e. The Labute approximate surface area is 162 Å². The summed E-state index contributed by atoms with van der Waals surface area (Å²) in [5.74, 6) is 1.81. The Hall–Kier alpha value is -2.82. The maximum absolute atomic E-state index is 6.20. The number of fused-ring (bicyclic) bond motifs is 5. The fourth-order valence-electron chi connectivity index (χ4n) is 3.42. The Morgan fingerprint density at radius 1 is 0.815 bits per heavy atom. The van der Waals surface area contributed by atoms with Crippen LogP contribution in [0.3, 0.4) is 0 Å². The molecule has 0 bridgehead atoms. The highest BCUT2D eigenvalue weighted by Crippen LogP contribution is 2.49. The average molecular weight is 373 g/mol. The molecule has 0 saturated carbocycles. The van der Waals surface area contributed by atoms with Crippen molar-refractivity contribution < 1.29 is 9.47 Å². The van der Waals surface area contributed by atoms with Gasteiger partial charge >= 0.3 is 0 Å². The lowest BCUT2D eigenvalue weighted by Crippen LogP contribution is -2.03. The normalized spacial score (nSPS) is 11.9. The van der Waals surface area contributed by atoms with E-state index >= 15 is 0 Å². The third-order valence-corrected chi connectivity index (χ3v) is 5.86. The van der Waals surface area contributed by atoms with E-state index in [1.807, 2.05) is 36.4 Å². The first-order valence-corrected chi connectivity index (χ1v) is 9.88. The predicted octanol–water partition coefficient (Wildman–Crippen LogP) is 6.21. The van der Waals surface area contributed by atoms with Crippen molar-refractivity contribution in [1.82, 2.24) is 4.57 Å². The van der Waals surface area contributed by atoms with E-state index in [2.05, 4.69) is 47.3 Å². The van der Waals surface area contributed by atoms with Crippen LogP contribution in [0.5, 0.6) is 11.5 Å². The van der Waals surface area contributed by atoms with Gasteiger partial charge in [-0.3, -0.25) is 0 Å². The topological polar surface area (TPSA) is 23.4 Å². The van der Waals surface area contributed by atoms with Crippen LogP contribution in [-0.2, 0) is 17.9 Å². The van der Waals surface area contributed by atoms with Crippen molar-refractivity contribution >= 4 is 11.3 Å². The molecule has 5 rings (SSSR count). The maximum Gasteiger partial charge on any atom is 0.136 e. The van der Waals surface area contributed by atoms with Gasteiger partial charge in [-0.15, -0.1) is 11.3 Å². The average Bonchev–Trinajstić information content (AvgIpc) is 3.34. The fourth-order valence-corrected chi connectivity index (χ4v) is 4.55. The van der Waals surface area contributed by atoms with Crippen LogP contribution in [0.2, 0.25) is 0 Å². The van der Waals surface area contributed by atoms with Gasteiger partial charge in [0.25, 0.3) is 0 Å². The first-order valence-electron chi connectivity index (χ1n) is 9.06. The van der Waals surface area contributed by atoms with E-state index in [0.29, 0.717) is 13.2 Å². The van der Waals surface area contributed by atoms with E-state index in [4.69, 9.17) is 9.47 Å². The van der Waals surface area contributed by atoms with Gasteiger partial charge < -0.3 is 14.0 Å². The first-order chi connectivity index (χ1) is 13.4. The van der Waals surface area contributed by atoms with Crippen LogP contribution in [-0.4, -0.2) is 11.2 Å². The summed E-state index contributed by atoms with van der Waals surface area (Å²) in [5, 5.41) is 0. The number of aromatic nitrogens is 1. The number of benzene rings is 2. The molecule has 1 aliphatic heterocycles. The van der Waals surface area contributed by atoms with Crippen LogP contribution in [0, 0.1) is 0 Å². The summed E-state index contributed by atoms with van der Waals surface area (Å²) in [4.78, 5) is 2.48. The van der Waals surface area contributed by atoms with Gasteiger partial charge in [0.2, 0.25) is 0 Å². The van der Waals surface area contributed by atoms with Crippen molar-refractivity contribution in [1.29, 1.82) is 0 Å². The molecule has 3 nitrogen and oxygen atoms in total. The molecule has 0 spiro atoms. The Balaban J connectivity index is 1.44. The highest BCUT2D eigenvalue weighted by atomic mass is 32.1. The minimum atomic E-state index is 0.629. The Kier molecular flexibility index (Phi) is 4.28. The predicted molar refractivity (Wildman–Crippen MR) is 109 cm³/mol. The molecular formula is C23H19NO2S. The summed E-state index contributed by atoms with van der Waals surface area (Å²) < 4.78 is 14.3. The summed E-state index contributed by atoms with van der Waals surface area (Å²) in [7, 11) is 0. The zero-order valence-electron chi connectivity index (χ0n) is 14.8. The molecule has 2 aromatic carbocycles. The van der Waals surface area contributed by atoms with Crippen LogP contribution in [0.1, 0.15) is 4.88 Å². The molecule has 0 fully saturated rings. The molecule has 27 heavy (non-hydrogen) atoms. The van der Waals surface area contributed by atoms with E-state index in [1.54, 1.807) is 11.3 Å². The van der Waals surface area contributed by atoms with Crippen molar-refractivity contribution in [2.24, 2.45) is 0 Å². The molecule has 2 aromatic heterocycles. The Morgan fingerprint density at radius 2 is 1.52 bits per heavy atom. The van der Waals surface area contributed by atoms with Crippen molar-refractivity contribution in [2.45, 2.75) is 13.2 Å². The quantitative estimate of drug-likeness (QED) is 0.342. The largest absolute Gasteiger partial charge is 0.456 e. The lowest BCUT2D eigenvalue weighted by Gasteiger charge is -2.08. The molecule has 0 amide bonds. The molecule has 3 heterocycles. The number of rotatable bonds is 5. The Morgan fingerprint density at radius 3 is 2.33 bits per heavy atom. The molecule has 0 N–H and O–H groups in total. The van der Waals surface area contributed by atoms with Crippen LogP contribution < -0.4 is 4.74 Å². The third kappa shape index (κ3) is 3.18. The molecular weight excluding hydrogens is 354 g/mol. The third-order valence-electron chi connectivity index (χ3n) is 4.72. The second-order valence-corrected chi connectivity index (χ2v) is 7.66. The van der Waals surface area contributed by atoms with Crippen molar-refractivity contribution in [3.63, 3.8) is 0 Å². The minimum Gasteiger partial charge on any atom is -0.456 e. The molecule has 0 saturated heterocycles. The van der Waals surface area contributed by atoms with E-state index < -0.39 is 0 Å². The number of thiophene rings is 1. The molecule has 134 valence electrons. The van der Waals surface area contributed by atoms with Gasteiger partial charge in [-0.25, -0.2) is 0 Å². The van der Waals surface area contributed by atoms with Crippen molar-refractivity contribution in [3.05, 3.63) is 84.0 Å². The summed E-state index contributed by atoms with van der Waals surface area (Å²) in [6, 6.07) is 22.8. The van der Waals surface area contributed by atoms with E-state index in [1.165, 1.54) is 15.3 Å². The summed E-state index contributed by atoms with van der Waals surface area (Å²) in [6.45, 7) is 2.20. The minimum absolute atomic E-state index is 0.629. The van der Waals surface area contributed by atoms with Gasteiger partial charge in [0.05, 0.1) is 13.2 Å². The van der Waals surface area contributed by atoms with Crippen LogP contribution >= 0.6 is 11.3 Å². The number of nitrogens with zero attached hydrogens (tertiary/aromatic N) is 1. The van der Waals surface area contributed by atoms with Crippen molar-refractivity contribution in [2.75, 3.05) is 6.61 Å². The lowest BCUT2D eigenvalue weighted by molar-refractivity contribution is 0.115. The Bertz CT molecular complexity index is 1000. The molecule has 0 atom stereocenters. The second kappa shape index (κ2) is 7.06. The fraction of sp³-hybridized carbons (Fsp3) is 0.130. The zero-order chi connectivity index (χ0) is 18.1. The van der Waals surface area contributed by atoms with Gasteiger partial charge in [-0.1, -0.05) is 30.3 Å².